The van der Waals surface area contributed by atoms with Crippen LogP contribution < -0.4 is 4.90 Å². The minimum absolute atomic E-state index is 0.0227. The van der Waals surface area contributed by atoms with E-state index in [0.717, 1.165) is 68.5 Å². The zero-order valence-electron chi connectivity index (χ0n) is 31.7. The maximum atomic E-state index is 17.8. The average Bonchev–Trinajstić information content (AvgIpc) is 3.51. The quantitative estimate of drug-likeness (QED) is 0.140. The van der Waals surface area contributed by atoms with E-state index in [1.54, 1.807) is 0 Å². The van der Waals surface area contributed by atoms with Gasteiger partial charge in [0.25, 0.3) is 0 Å². The zero-order chi connectivity index (χ0) is 36.2. The van der Waals surface area contributed by atoms with Gasteiger partial charge in [0.2, 0.25) is 5.69 Å². The number of hydrogen-bond donors (Lipinski definition) is 0. The Balaban J connectivity index is 1.15. The first kappa shape index (κ1) is 33.8. The molecule has 0 aromatic heterocycles. The summed E-state index contributed by atoms with van der Waals surface area (Å²) in [5, 5.41) is 2.57. The van der Waals surface area contributed by atoms with Gasteiger partial charge in [0.1, 0.15) is 5.83 Å². The number of benzene rings is 3. The van der Waals surface area contributed by atoms with Gasteiger partial charge in [-0.25, -0.2) is 4.39 Å². The summed E-state index contributed by atoms with van der Waals surface area (Å²) in [7, 11) is 0. The van der Waals surface area contributed by atoms with Gasteiger partial charge in [-0.3, -0.25) is 4.79 Å². The molecule has 0 radical (unpaired) electrons. The summed E-state index contributed by atoms with van der Waals surface area (Å²) < 4.78 is 32.6. The fourth-order valence-electron chi connectivity index (χ4n) is 11.1. The van der Waals surface area contributed by atoms with Crippen LogP contribution in [-0.4, -0.2) is 48.2 Å². The molecule has 6 heteroatoms. The highest BCUT2D eigenvalue weighted by atomic mass is 19.1. The average molecular weight is 700 g/mol. The summed E-state index contributed by atoms with van der Waals surface area (Å²) in [6, 6.07) is 22.0. The van der Waals surface area contributed by atoms with E-state index in [0.29, 0.717) is 13.0 Å². The number of unbranched alkanes of at least 4 members (excludes halogenated alkanes) is 2. The van der Waals surface area contributed by atoms with Gasteiger partial charge in [-0.15, -0.1) is 0 Å². The molecule has 0 bridgehead atoms. The number of nitrogens with zero attached hydrogens (tertiary/aromatic N) is 2. The number of hydrogen-bond acceptors (Lipinski definition) is 4. The van der Waals surface area contributed by atoms with Crippen LogP contribution in [0.25, 0.3) is 10.8 Å². The van der Waals surface area contributed by atoms with Crippen molar-refractivity contribution in [2.24, 2.45) is 11.3 Å². The van der Waals surface area contributed by atoms with Crippen LogP contribution in [0.3, 0.4) is 0 Å². The summed E-state index contributed by atoms with van der Waals surface area (Å²) in [6.45, 7) is 15.8. The van der Waals surface area contributed by atoms with Crippen molar-refractivity contribution in [2.45, 2.75) is 110 Å². The van der Waals surface area contributed by atoms with Crippen molar-refractivity contribution in [3.05, 3.63) is 106 Å². The second kappa shape index (κ2) is 12.0. The highest BCUT2D eigenvalue weighted by Gasteiger charge is 2.59. The Morgan fingerprint density at radius 3 is 2.60 bits per heavy atom. The number of para-hydroxylation sites is 1. The number of ether oxygens (including phenoxy) is 2. The molecule has 5 nitrogen and oxygen atoms in total. The second-order valence-electron chi connectivity index (χ2n) is 17.4. The zero-order valence-corrected chi connectivity index (χ0v) is 31.7. The molecule has 4 unspecified atom stereocenters. The molecule has 3 aromatic carbocycles. The van der Waals surface area contributed by atoms with Crippen molar-refractivity contribution in [3.63, 3.8) is 0 Å². The van der Waals surface area contributed by atoms with E-state index in [-0.39, 0.29) is 46.2 Å². The first-order valence-electron chi connectivity index (χ1n) is 19.7. The maximum absolute atomic E-state index is 17.8. The SMILES string of the molecule is CCOC(=O)CCCCCC1(C)C2=C3C(F)=C4C=C5C6=[N+](CC(C)(C)C5CC4OC3CCN2c2ccccc21)c1ccc2ccccc2c1C6(C)C. The number of rotatable bonds is 7. The first-order valence-corrected chi connectivity index (χ1v) is 19.7. The third kappa shape index (κ3) is 4.81. The van der Waals surface area contributed by atoms with Gasteiger partial charge in [-0.05, 0) is 87.9 Å². The summed E-state index contributed by atoms with van der Waals surface area (Å²) in [4.78, 5) is 14.4. The summed E-state index contributed by atoms with van der Waals surface area (Å²) in [6.07, 6.45) is 7.27. The lowest BCUT2D eigenvalue weighted by Crippen LogP contribution is -2.51. The Labute approximate surface area is 307 Å². The number of carbonyl (C=O) groups is 1. The molecule has 4 atom stereocenters. The Morgan fingerprint density at radius 2 is 1.77 bits per heavy atom. The molecule has 0 fully saturated rings. The van der Waals surface area contributed by atoms with Crippen LogP contribution in [0.15, 0.2) is 95.0 Å². The standard InChI is InChI=1S/C46H52FN2O3/c1-7-51-38(50)19-9-8-14-23-46(6)32-17-12-13-18-34(32)48-24-22-36-39(43(46)48)41(47)31-25-30-33(26-37(31)52-36)44(2,3)27-49-35-21-20-28-15-10-11-16-29(28)40(35)45(4,5)42(30)49/h10-13,15-18,20-21,25,33,36-37H,7-9,14,19,22-24,26-27H2,1-6H3/q+1. The van der Waals surface area contributed by atoms with Gasteiger partial charge in [0, 0.05) is 69.4 Å². The van der Waals surface area contributed by atoms with Crippen molar-refractivity contribution in [1.82, 2.24) is 0 Å². The molecule has 0 amide bonds. The minimum Gasteiger partial charge on any atom is -0.466 e. The molecule has 52 heavy (non-hydrogen) atoms. The van der Waals surface area contributed by atoms with Crippen LogP contribution in [0.2, 0.25) is 0 Å². The molecular formula is C46H52FN2O3+. The van der Waals surface area contributed by atoms with Gasteiger partial charge < -0.3 is 14.4 Å². The fraction of sp³-hybridized carbons (Fsp3) is 0.478. The molecule has 6 aliphatic rings. The number of esters is 1. The van der Waals surface area contributed by atoms with E-state index in [1.807, 2.05) is 6.92 Å². The maximum Gasteiger partial charge on any atom is 0.305 e. The van der Waals surface area contributed by atoms with Crippen LogP contribution in [0.5, 0.6) is 0 Å². The molecule has 270 valence electrons. The molecule has 5 heterocycles. The summed E-state index contributed by atoms with van der Waals surface area (Å²) >= 11 is 0. The van der Waals surface area contributed by atoms with Crippen molar-refractivity contribution in [2.75, 3.05) is 24.6 Å². The van der Waals surface area contributed by atoms with E-state index in [9.17, 15) is 4.79 Å². The van der Waals surface area contributed by atoms with Crippen LogP contribution in [-0.2, 0) is 25.1 Å². The van der Waals surface area contributed by atoms with Crippen LogP contribution in [0.4, 0.5) is 15.8 Å². The van der Waals surface area contributed by atoms with Gasteiger partial charge >= 0.3 is 5.97 Å². The third-order valence-electron chi connectivity index (χ3n) is 13.4. The third-order valence-corrected chi connectivity index (χ3v) is 13.4. The van der Waals surface area contributed by atoms with Crippen molar-refractivity contribution >= 4 is 33.8 Å². The first-order chi connectivity index (χ1) is 25.0. The van der Waals surface area contributed by atoms with Crippen LogP contribution in [0.1, 0.15) is 97.6 Å². The lowest BCUT2D eigenvalue weighted by atomic mass is 9.61. The smallest absolute Gasteiger partial charge is 0.305 e. The lowest BCUT2D eigenvalue weighted by molar-refractivity contribution is -0.464. The highest BCUT2D eigenvalue weighted by Crippen LogP contribution is 2.59. The lowest BCUT2D eigenvalue weighted by Gasteiger charge is -2.47. The number of allylic oxidation sites excluding steroid dienone is 2. The number of anilines is 1. The van der Waals surface area contributed by atoms with Gasteiger partial charge in [-0.1, -0.05) is 69.2 Å². The van der Waals surface area contributed by atoms with Crippen LogP contribution >= 0.6 is 0 Å². The normalized spacial score (nSPS) is 27.7. The van der Waals surface area contributed by atoms with Crippen molar-refractivity contribution in [1.29, 1.82) is 0 Å². The molecule has 5 aliphatic heterocycles. The molecule has 9 rings (SSSR count). The largest absolute Gasteiger partial charge is 0.466 e. The Kier molecular flexibility index (Phi) is 7.79. The summed E-state index contributed by atoms with van der Waals surface area (Å²) in [5.74, 6) is 0.0750. The highest BCUT2D eigenvalue weighted by molar-refractivity contribution is 6.11. The molecule has 0 saturated heterocycles. The van der Waals surface area contributed by atoms with Crippen molar-refractivity contribution < 1.29 is 23.2 Å². The minimum atomic E-state index is -0.360. The predicted octanol–water partition coefficient (Wildman–Crippen LogP) is 10.1. The van der Waals surface area contributed by atoms with Gasteiger partial charge in [0.15, 0.2) is 12.3 Å². The van der Waals surface area contributed by atoms with E-state index >= 15 is 4.39 Å². The molecule has 3 aromatic rings. The Hall–Kier alpha value is -4.03. The molecule has 0 N–H and O–H groups in total. The summed E-state index contributed by atoms with van der Waals surface area (Å²) in [5.41, 5.74) is 9.68. The molecule has 1 aliphatic carbocycles. The van der Waals surface area contributed by atoms with Crippen LogP contribution in [0, 0.1) is 11.3 Å². The Bertz CT molecular complexity index is 2150. The number of fused-ring (bicyclic) bond motifs is 11. The predicted molar refractivity (Wildman–Crippen MR) is 206 cm³/mol. The monoisotopic (exact) mass is 699 g/mol. The topological polar surface area (TPSA) is 41.8 Å². The van der Waals surface area contributed by atoms with Gasteiger partial charge in [-0.2, -0.15) is 4.58 Å². The number of carbonyl (C=O) groups excluding carboxylic acids is 1. The second-order valence-corrected chi connectivity index (χ2v) is 17.4. The Morgan fingerprint density at radius 1 is 0.981 bits per heavy atom. The molecular weight excluding hydrogens is 648 g/mol. The molecule has 0 saturated carbocycles. The number of halogens is 1. The van der Waals surface area contributed by atoms with E-state index in [1.165, 1.54) is 44.6 Å². The van der Waals surface area contributed by atoms with E-state index < -0.39 is 0 Å². The fourth-order valence-corrected chi connectivity index (χ4v) is 11.1. The van der Waals surface area contributed by atoms with Gasteiger partial charge in [0.05, 0.1) is 24.2 Å². The molecule has 0 spiro atoms. The van der Waals surface area contributed by atoms with Crippen molar-refractivity contribution in [3.8, 4) is 0 Å². The van der Waals surface area contributed by atoms with E-state index in [2.05, 4.69) is 111 Å². The van der Waals surface area contributed by atoms with E-state index in [4.69, 9.17) is 9.47 Å².